The molecule has 0 aliphatic rings. The average molecular weight is 296 g/mol. The summed E-state index contributed by atoms with van der Waals surface area (Å²) in [5.41, 5.74) is 0.582. The Balaban J connectivity index is 0.000000347. The maximum atomic E-state index is 11.9. The van der Waals surface area contributed by atoms with E-state index in [-0.39, 0.29) is 11.2 Å². The maximum Gasteiger partial charge on any atom is 0.673 e. The van der Waals surface area contributed by atoms with E-state index < -0.39 is 7.25 Å². The van der Waals surface area contributed by atoms with Crippen molar-refractivity contribution in [2.24, 2.45) is 28.2 Å². The normalized spacial score (nSPS) is 11.4. The number of rotatable bonds is 0. The molecule has 0 unspecified atom stereocenters. The van der Waals surface area contributed by atoms with Gasteiger partial charge < -0.3 is 17.3 Å². The number of hydrogen-bond donors (Lipinski definition) is 0. The molecule has 0 aromatic carbocycles. The van der Waals surface area contributed by atoms with Crippen LogP contribution in [0.1, 0.15) is 0 Å². The first-order chi connectivity index (χ1) is 8.95. The lowest BCUT2D eigenvalue weighted by atomic mass is 10.3. The fourth-order valence-electron chi connectivity index (χ4n) is 1.90. The van der Waals surface area contributed by atoms with Crippen molar-refractivity contribution in [3.05, 3.63) is 27.2 Å². The summed E-state index contributed by atoms with van der Waals surface area (Å²) in [6.07, 6.45) is 1.77. The van der Waals surface area contributed by atoms with Gasteiger partial charge in [0, 0.05) is 7.05 Å². The molecule has 0 aliphatic heterocycles. The first-order valence-corrected chi connectivity index (χ1v) is 5.43. The van der Waals surface area contributed by atoms with Crippen LogP contribution in [0, 0.1) is 0 Å². The van der Waals surface area contributed by atoms with Gasteiger partial charge in [-0.05, 0) is 0 Å². The molecule has 0 N–H and O–H groups in total. The zero-order chi connectivity index (χ0) is 15.8. The lowest BCUT2D eigenvalue weighted by Gasteiger charge is -1.98. The van der Waals surface area contributed by atoms with Gasteiger partial charge >= 0.3 is 18.5 Å². The van der Waals surface area contributed by atoms with Crippen LogP contribution in [0.2, 0.25) is 0 Å². The zero-order valence-electron chi connectivity index (χ0n) is 11.3. The fraction of sp³-hybridized carbons (Fsp3) is 0.444. The third kappa shape index (κ3) is 3.09. The fourth-order valence-corrected chi connectivity index (χ4v) is 1.90. The van der Waals surface area contributed by atoms with Crippen LogP contribution >= 0.6 is 0 Å². The number of aryl methyl sites for hydroxylation is 3. The minimum Gasteiger partial charge on any atom is -0.418 e. The second-order valence-electron chi connectivity index (χ2n) is 4.21. The molecule has 0 saturated heterocycles. The molecule has 0 fully saturated rings. The Morgan fingerprint density at radius 2 is 1.50 bits per heavy atom. The average Bonchev–Trinajstić information content (AvgIpc) is 2.56. The monoisotopic (exact) mass is 296 g/mol. The number of nitrogens with zero attached hydrogens (tertiary/aromatic N) is 4. The first-order valence-electron chi connectivity index (χ1n) is 5.43. The molecule has 2 rings (SSSR count). The summed E-state index contributed by atoms with van der Waals surface area (Å²) in [5, 5.41) is 0. The summed E-state index contributed by atoms with van der Waals surface area (Å²) in [6.45, 7) is 0. The largest absolute Gasteiger partial charge is 0.673 e. The topological polar surface area (TPSA) is 52.8 Å². The minimum absolute atomic E-state index is 0.267. The Morgan fingerprint density at radius 3 is 1.95 bits per heavy atom. The van der Waals surface area contributed by atoms with Gasteiger partial charge in [0.2, 0.25) is 5.52 Å². The zero-order valence-corrected chi connectivity index (χ0v) is 11.3. The predicted molar refractivity (Wildman–Crippen MR) is 64.8 cm³/mol. The molecule has 11 heteroatoms. The summed E-state index contributed by atoms with van der Waals surface area (Å²) in [4.78, 5) is 23.5. The smallest absolute Gasteiger partial charge is 0.418 e. The van der Waals surface area contributed by atoms with Crippen molar-refractivity contribution in [1.82, 2.24) is 13.7 Å². The number of fused-ring (bicyclic) bond motifs is 1. The molecule has 0 saturated carbocycles. The van der Waals surface area contributed by atoms with E-state index in [2.05, 4.69) is 0 Å². The van der Waals surface area contributed by atoms with E-state index in [9.17, 15) is 26.9 Å². The van der Waals surface area contributed by atoms with Crippen molar-refractivity contribution in [3.63, 3.8) is 0 Å². The molecule has 2 heterocycles. The van der Waals surface area contributed by atoms with Crippen LogP contribution in [-0.4, -0.2) is 21.0 Å². The van der Waals surface area contributed by atoms with Gasteiger partial charge in [0.1, 0.15) is 0 Å². The van der Waals surface area contributed by atoms with Crippen LogP contribution in [0.15, 0.2) is 15.9 Å². The van der Waals surface area contributed by atoms with Crippen LogP contribution in [0.3, 0.4) is 0 Å². The molecule has 0 aliphatic carbocycles. The van der Waals surface area contributed by atoms with Gasteiger partial charge in [-0.3, -0.25) is 9.36 Å². The molecule has 20 heavy (non-hydrogen) atoms. The van der Waals surface area contributed by atoms with Gasteiger partial charge in [-0.1, -0.05) is 0 Å². The summed E-state index contributed by atoms with van der Waals surface area (Å²) in [6, 6.07) is 0. The van der Waals surface area contributed by atoms with E-state index in [0.717, 1.165) is 4.57 Å². The Labute approximate surface area is 110 Å². The minimum atomic E-state index is -6.00. The lowest BCUT2D eigenvalue weighted by Crippen LogP contribution is -2.41. The van der Waals surface area contributed by atoms with Crippen molar-refractivity contribution in [2.75, 3.05) is 0 Å². The van der Waals surface area contributed by atoms with Gasteiger partial charge in [-0.2, -0.15) is 0 Å². The standard InChI is InChI=1S/C9H13N4O2.BF4/c1-10-5-11(2)7-6(10)8(14)13(4)9(15)12(7)3;2-1(3,4)5/h5H,1-4H3;/q+1;-1. The van der Waals surface area contributed by atoms with E-state index in [1.54, 1.807) is 36.6 Å². The highest BCUT2D eigenvalue weighted by atomic mass is 19.5. The van der Waals surface area contributed by atoms with Crippen LogP contribution < -0.4 is 15.8 Å². The molecular weight excluding hydrogens is 283 g/mol. The molecule has 0 spiro atoms. The van der Waals surface area contributed by atoms with E-state index in [0.29, 0.717) is 11.2 Å². The Morgan fingerprint density at radius 1 is 1.05 bits per heavy atom. The molecule has 0 amide bonds. The first kappa shape index (κ1) is 16.0. The number of imidazole rings is 1. The highest BCUT2D eigenvalue weighted by Gasteiger charge is 2.21. The van der Waals surface area contributed by atoms with E-state index >= 15 is 0 Å². The molecule has 6 nitrogen and oxygen atoms in total. The van der Waals surface area contributed by atoms with Crippen molar-refractivity contribution in [1.29, 1.82) is 0 Å². The quantitative estimate of drug-likeness (QED) is 0.381. The van der Waals surface area contributed by atoms with E-state index in [4.69, 9.17) is 0 Å². The van der Waals surface area contributed by atoms with Crippen LogP contribution in [0.5, 0.6) is 0 Å². The van der Waals surface area contributed by atoms with Gasteiger partial charge in [0.25, 0.3) is 5.65 Å². The summed E-state index contributed by atoms with van der Waals surface area (Å²) in [5.74, 6) is 0. The van der Waals surface area contributed by atoms with Crippen molar-refractivity contribution < 1.29 is 21.8 Å². The maximum absolute atomic E-state index is 11.9. The molecular formula is C9H13BF4N4O2. The molecule has 0 bridgehead atoms. The van der Waals surface area contributed by atoms with Crippen molar-refractivity contribution >= 4 is 18.4 Å². The third-order valence-corrected chi connectivity index (χ3v) is 2.64. The molecule has 2 aromatic heterocycles. The van der Waals surface area contributed by atoms with Crippen molar-refractivity contribution in [2.45, 2.75) is 0 Å². The second kappa shape index (κ2) is 5.14. The second-order valence-corrected chi connectivity index (χ2v) is 4.21. The number of aromatic nitrogens is 4. The van der Waals surface area contributed by atoms with Crippen LogP contribution in [-0.2, 0) is 28.2 Å². The van der Waals surface area contributed by atoms with Gasteiger partial charge in [-0.15, -0.1) is 0 Å². The highest BCUT2D eigenvalue weighted by Crippen LogP contribution is 2.06. The lowest BCUT2D eigenvalue weighted by molar-refractivity contribution is -0.648. The van der Waals surface area contributed by atoms with Gasteiger partial charge in [0.15, 0.2) is 6.33 Å². The molecule has 0 atom stereocenters. The van der Waals surface area contributed by atoms with Crippen molar-refractivity contribution in [3.8, 4) is 0 Å². The Kier molecular flexibility index (Phi) is 4.11. The number of hydrogen-bond acceptors (Lipinski definition) is 2. The molecule has 112 valence electrons. The predicted octanol–water partition coefficient (Wildman–Crippen LogP) is -0.300. The molecule has 0 radical (unpaired) electrons. The van der Waals surface area contributed by atoms with Crippen LogP contribution in [0.25, 0.3) is 11.2 Å². The third-order valence-electron chi connectivity index (χ3n) is 2.64. The van der Waals surface area contributed by atoms with E-state index in [1.165, 1.54) is 11.6 Å². The number of halogens is 4. The summed E-state index contributed by atoms with van der Waals surface area (Å²) in [7, 11) is 0.733. The SMILES string of the molecule is Cn1c(=O)c2c(n(C)c1=O)[n+](C)cn2C.F[B-](F)(F)F. The Hall–Kier alpha value is -2.07. The summed E-state index contributed by atoms with van der Waals surface area (Å²) >= 11 is 0. The summed E-state index contributed by atoms with van der Waals surface area (Å²) < 4.78 is 45.1. The van der Waals surface area contributed by atoms with Gasteiger partial charge in [-0.25, -0.2) is 18.5 Å². The molecule has 2 aromatic rings. The van der Waals surface area contributed by atoms with Gasteiger partial charge in [0.05, 0.1) is 21.1 Å². The van der Waals surface area contributed by atoms with E-state index in [1.807, 2.05) is 0 Å². The Bertz CT molecular complexity index is 752. The van der Waals surface area contributed by atoms with Crippen LogP contribution in [0.4, 0.5) is 17.3 Å². The highest BCUT2D eigenvalue weighted by molar-refractivity contribution is 6.50.